The number of aryl methyl sites for hydroxylation is 1. The number of methoxy groups -OCH3 is 1. The molecule has 2 aromatic rings. The van der Waals surface area contributed by atoms with Crippen LogP contribution < -0.4 is 10.5 Å². The van der Waals surface area contributed by atoms with Gasteiger partial charge in [0.15, 0.2) is 0 Å². The summed E-state index contributed by atoms with van der Waals surface area (Å²) in [6.45, 7) is 3.00. The van der Waals surface area contributed by atoms with Gasteiger partial charge >= 0.3 is 0 Å². The van der Waals surface area contributed by atoms with Gasteiger partial charge in [-0.3, -0.25) is 0 Å². The third kappa shape index (κ3) is 4.43. The number of ether oxygens (including phenoxy) is 1. The fraction of sp³-hybridized carbons (Fsp3) is 0.478. The van der Waals surface area contributed by atoms with E-state index in [0.29, 0.717) is 5.92 Å². The van der Waals surface area contributed by atoms with Crippen molar-refractivity contribution < 1.29 is 4.74 Å². The maximum atomic E-state index is 5.99. The number of nitrogens with two attached hydrogens (primary N) is 1. The van der Waals surface area contributed by atoms with E-state index in [1.807, 2.05) is 6.07 Å². The van der Waals surface area contributed by atoms with Crippen molar-refractivity contribution in [2.24, 2.45) is 11.7 Å². The topological polar surface area (TPSA) is 35.2 Å². The molecule has 25 heavy (non-hydrogen) atoms. The van der Waals surface area contributed by atoms with Gasteiger partial charge in [0.1, 0.15) is 5.75 Å². The van der Waals surface area contributed by atoms with Crippen LogP contribution in [0, 0.1) is 5.92 Å². The Balaban J connectivity index is 1.69. The van der Waals surface area contributed by atoms with Crippen LogP contribution in [0.1, 0.15) is 54.4 Å². The van der Waals surface area contributed by atoms with Gasteiger partial charge in [0.05, 0.1) is 7.11 Å². The quantitative estimate of drug-likeness (QED) is 0.781. The molecule has 1 unspecified atom stereocenters. The van der Waals surface area contributed by atoms with E-state index < -0.39 is 0 Å². The van der Waals surface area contributed by atoms with Gasteiger partial charge < -0.3 is 10.5 Å². The Morgan fingerprint density at radius 1 is 1.16 bits per heavy atom. The molecule has 134 valence electrons. The van der Waals surface area contributed by atoms with E-state index in [9.17, 15) is 0 Å². The van der Waals surface area contributed by atoms with Crippen LogP contribution in [-0.4, -0.2) is 13.7 Å². The summed E-state index contributed by atoms with van der Waals surface area (Å²) in [6, 6.07) is 15.6. The molecule has 0 saturated heterocycles. The van der Waals surface area contributed by atoms with Gasteiger partial charge in [-0.25, -0.2) is 0 Å². The van der Waals surface area contributed by atoms with E-state index >= 15 is 0 Å². The third-order valence-corrected chi connectivity index (χ3v) is 5.61. The molecule has 1 aliphatic rings. The summed E-state index contributed by atoms with van der Waals surface area (Å²) in [7, 11) is 1.74. The summed E-state index contributed by atoms with van der Waals surface area (Å²) >= 11 is 0. The van der Waals surface area contributed by atoms with Gasteiger partial charge in [-0.05, 0) is 84.9 Å². The van der Waals surface area contributed by atoms with Gasteiger partial charge in [0.25, 0.3) is 0 Å². The fourth-order valence-electron chi connectivity index (χ4n) is 4.18. The zero-order chi connectivity index (χ0) is 17.6. The number of fused-ring (bicyclic) bond motifs is 1. The van der Waals surface area contributed by atoms with Crippen LogP contribution in [-0.2, 0) is 19.3 Å². The lowest BCUT2D eigenvalue weighted by molar-refractivity contribution is 0.412. The molecule has 2 nitrogen and oxygen atoms in total. The molecule has 0 aromatic heterocycles. The van der Waals surface area contributed by atoms with Crippen molar-refractivity contribution in [1.82, 2.24) is 0 Å². The van der Waals surface area contributed by atoms with E-state index in [1.54, 1.807) is 12.7 Å². The van der Waals surface area contributed by atoms with Crippen LogP contribution in [0.2, 0.25) is 0 Å². The van der Waals surface area contributed by atoms with E-state index in [0.717, 1.165) is 24.6 Å². The lowest BCUT2D eigenvalue weighted by atomic mass is 9.79. The molecule has 2 atom stereocenters. The molecule has 0 heterocycles. The first-order chi connectivity index (χ1) is 12.2. The van der Waals surface area contributed by atoms with Crippen LogP contribution in [0.15, 0.2) is 42.5 Å². The van der Waals surface area contributed by atoms with Crippen LogP contribution in [0.4, 0.5) is 0 Å². The van der Waals surface area contributed by atoms with Crippen molar-refractivity contribution in [3.05, 3.63) is 64.7 Å². The Bertz CT molecular complexity index is 694. The van der Waals surface area contributed by atoms with E-state index in [4.69, 9.17) is 10.5 Å². The van der Waals surface area contributed by atoms with Crippen molar-refractivity contribution in [2.75, 3.05) is 13.7 Å². The summed E-state index contributed by atoms with van der Waals surface area (Å²) < 4.78 is 5.36. The highest BCUT2D eigenvalue weighted by Gasteiger charge is 2.20. The maximum absolute atomic E-state index is 5.99. The van der Waals surface area contributed by atoms with E-state index in [1.165, 1.54) is 48.8 Å². The average Bonchev–Trinajstić information content (AvgIpc) is 2.66. The Hall–Kier alpha value is -1.80. The minimum absolute atomic E-state index is 0.518. The van der Waals surface area contributed by atoms with Crippen molar-refractivity contribution in [3.63, 3.8) is 0 Å². The first kappa shape index (κ1) is 18.0. The first-order valence-electron chi connectivity index (χ1n) is 9.68. The Morgan fingerprint density at radius 2 is 2.04 bits per heavy atom. The molecular formula is C23H31NO. The van der Waals surface area contributed by atoms with Crippen molar-refractivity contribution in [2.45, 2.75) is 51.4 Å². The lowest BCUT2D eigenvalue weighted by Gasteiger charge is -2.26. The highest BCUT2D eigenvalue weighted by atomic mass is 16.5. The molecule has 0 radical (unpaired) electrons. The van der Waals surface area contributed by atoms with Crippen LogP contribution in [0.3, 0.4) is 0 Å². The van der Waals surface area contributed by atoms with Crippen molar-refractivity contribution in [1.29, 1.82) is 0 Å². The van der Waals surface area contributed by atoms with Gasteiger partial charge in [-0.2, -0.15) is 0 Å². The lowest BCUT2D eigenvalue weighted by Crippen LogP contribution is -2.18. The van der Waals surface area contributed by atoms with E-state index in [2.05, 4.69) is 43.3 Å². The maximum Gasteiger partial charge on any atom is 0.119 e. The number of rotatable bonds is 7. The second-order valence-corrected chi connectivity index (χ2v) is 7.41. The molecule has 2 aromatic carbocycles. The fourth-order valence-corrected chi connectivity index (χ4v) is 4.18. The van der Waals surface area contributed by atoms with E-state index in [-0.39, 0.29) is 0 Å². The van der Waals surface area contributed by atoms with Gasteiger partial charge in [-0.1, -0.05) is 43.7 Å². The summed E-state index contributed by atoms with van der Waals surface area (Å²) in [4.78, 5) is 0. The van der Waals surface area contributed by atoms with Gasteiger partial charge in [0.2, 0.25) is 0 Å². The Morgan fingerprint density at radius 3 is 2.80 bits per heavy atom. The average molecular weight is 338 g/mol. The summed E-state index contributed by atoms with van der Waals surface area (Å²) in [6.07, 6.45) is 7.18. The molecule has 2 N–H and O–H groups in total. The monoisotopic (exact) mass is 337 g/mol. The van der Waals surface area contributed by atoms with Gasteiger partial charge in [-0.15, -0.1) is 0 Å². The minimum atomic E-state index is 0.518. The highest BCUT2D eigenvalue weighted by molar-refractivity contribution is 5.36. The molecule has 0 amide bonds. The molecule has 0 spiro atoms. The number of hydrogen-bond acceptors (Lipinski definition) is 2. The second-order valence-electron chi connectivity index (χ2n) is 7.41. The first-order valence-corrected chi connectivity index (χ1v) is 9.68. The molecule has 3 rings (SSSR count). The molecule has 2 heteroatoms. The van der Waals surface area contributed by atoms with Gasteiger partial charge in [0, 0.05) is 0 Å². The predicted molar refractivity (Wildman–Crippen MR) is 105 cm³/mol. The number of benzene rings is 2. The smallest absolute Gasteiger partial charge is 0.119 e. The zero-order valence-corrected chi connectivity index (χ0v) is 15.6. The SMILES string of the molecule is CCCC(CN)c1ccc2c(c1)CC[C@H](Cc1cccc(OC)c1)C2. The zero-order valence-electron chi connectivity index (χ0n) is 15.6. The molecule has 1 aliphatic carbocycles. The summed E-state index contributed by atoms with van der Waals surface area (Å²) in [5.74, 6) is 2.21. The Labute approximate surface area is 152 Å². The largest absolute Gasteiger partial charge is 0.497 e. The Kier molecular flexibility index (Phi) is 6.14. The van der Waals surface area contributed by atoms with Crippen LogP contribution in [0.25, 0.3) is 0 Å². The number of hydrogen-bond donors (Lipinski definition) is 1. The molecular weight excluding hydrogens is 306 g/mol. The molecule has 0 fully saturated rings. The minimum Gasteiger partial charge on any atom is -0.497 e. The molecule has 0 saturated carbocycles. The third-order valence-electron chi connectivity index (χ3n) is 5.61. The highest BCUT2D eigenvalue weighted by Crippen LogP contribution is 2.31. The molecule has 0 bridgehead atoms. The second kappa shape index (κ2) is 8.53. The summed E-state index contributed by atoms with van der Waals surface area (Å²) in [5, 5.41) is 0. The van der Waals surface area contributed by atoms with Crippen LogP contribution in [0.5, 0.6) is 5.75 Å². The normalized spacial score (nSPS) is 17.8. The van der Waals surface area contributed by atoms with Crippen molar-refractivity contribution in [3.8, 4) is 5.75 Å². The predicted octanol–water partition coefficient (Wildman–Crippen LogP) is 4.89. The summed E-state index contributed by atoms with van der Waals surface area (Å²) in [5.41, 5.74) is 11.9. The van der Waals surface area contributed by atoms with Crippen molar-refractivity contribution >= 4 is 0 Å². The van der Waals surface area contributed by atoms with Crippen LogP contribution >= 0.6 is 0 Å². The standard InChI is InChI=1S/C23H31NO/c1-3-5-22(16-24)21-11-10-19-13-18(8-9-20(19)15-21)12-17-6-4-7-23(14-17)25-2/h4,6-7,10-11,14-15,18,22H,3,5,8-9,12-13,16,24H2,1-2H3/t18-,22?/m1/s1. The molecule has 0 aliphatic heterocycles.